The lowest BCUT2D eigenvalue weighted by Gasteiger charge is -1.98. The normalized spacial score (nSPS) is 10.9. The maximum atomic E-state index is 5.68. The smallest absolute Gasteiger partial charge is 0.207 e. The topological polar surface area (TPSA) is 56.5 Å². The van der Waals surface area contributed by atoms with E-state index in [2.05, 4.69) is 20.4 Å². The molecule has 0 aliphatic rings. The summed E-state index contributed by atoms with van der Waals surface area (Å²) in [7, 11) is 1.94. The summed E-state index contributed by atoms with van der Waals surface area (Å²) >= 11 is 8.64. The van der Waals surface area contributed by atoms with Crippen LogP contribution in [0.25, 0.3) is 0 Å². The first kappa shape index (κ1) is 10.8. The zero-order valence-electron chi connectivity index (χ0n) is 8.14. The largest absolute Gasteiger partial charge is 0.309 e. The first-order chi connectivity index (χ1) is 7.16. The van der Waals surface area contributed by atoms with Crippen molar-refractivity contribution in [2.75, 3.05) is 0 Å². The molecule has 2 aromatic heterocycles. The van der Waals surface area contributed by atoms with Crippen LogP contribution < -0.4 is 0 Å². The first-order valence-electron chi connectivity index (χ1n) is 4.13. The molecule has 0 radical (unpaired) electrons. The zero-order chi connectivity index (χ0) is 10.8. The molecule has 0 fully saturated rings. The fraction of sp³-hybridized carbons (Fsp3) is 0.429. The third kappa shape index (κ3) is 2.47. The maximum Gasteiger partial charge on any atom is 0.207 e. The highest BCUT2D eigenvalue weighted by molar-refractivity contribution is 7.98. The van der Waals surface area contributed by atoms with Gasteiger partial charge in [-0.15, -0.1) is 20.4 Å². The Balaban J connectivity index is 2.02. The first-order valence-corrected chi connectivity index (χ1v) is 6.31. The summed E-state index contributed by atoms with van der Waals surface area (Å²) in [6.07, 6.45) is 0. The molecular formula is C7H8ClN5S2. The summed E-state index contributed by atoms with van der Waals surface area (Å²) in [4.78, 5) is 0. The van der Waals surface area contributed by atoms with E-state index in [1.807, 2.05) is 18.5 Å². The van der Waals surface area contributed by atoms with Gasteiger partial charge in [0.15, 0.2) is 5.16 Å². The molecule has 0 atom stereocenters. The van der Waals surface area contributed by atoms with Gasteiger partial charge in [0.25, 0.3) is 0 Å². The van der Waals surface area contributed by atoms with Gasteiger partial charge in [-0.1, -0.05) is 23.1 Å². The summed E-state index contributed by atoms with van der Waals surface area (Å²) in [6.45, 7) is 1.92. The highest BCUT2D eigenvalue weighted by Gasteiger charge is 2.08. The Labute approximate surface area is 99.9 Å². The maximum absolute atomic E-state index is 5.68. The Morgan fingerprint density at radius 2 is 2.13 bits per heavy atom. The van der Waals surface area contributed by atoms with Crippen molar-refractivity contribution in [3.8, 4) is 0 Å². The Morgan fingerprint density at radius 1 is 1.33 bits per heavy atom. The van der Waals surface area contributed by atoms with E-state index in [1.54, 1.807) is 11.8 Å². The summed E-state index contributed by atoms with van der Waals surface area (Å²) in [5.41, 5.74) is 0. The van der Waals surface area contributed by atoms with Crippen LogP contribution in [0.2, 0.25) is 4.47 Å². The lowest BCUT2D eigenvalue weighted by Crippen LogP contribution is -1.93. The molecule has 5 nitrogen and oxygen atoms in total. The van der Waals surface area contributed by atoms with Gasteiger partial charge in [0.1, 0.15) is 10.8 Å². The number of aryl methyl sites for hydroxylation is 1. The van der Waals surface area contributed by atoms with Gasteiger partial charge in [-0.25, -0.2) is 0 Å². The molecule has 0 amide bonds. The Morgan fingerprint density at radius 3 is 2.67 bits per heavy atom. The SMILES string of the molecule is Cc1nnc(SCc2nnc(Cl)s2)n1C. The second-order valence-electron chi connectivity index (χ2n) is 2.83. The van der Waals surface area contributed by atoms with Crippen molar-refractivity contribution in [3.05, 3.63) is 15.3 Å². The van der Waals surface area contributed by atoms with Gasteiger partial charge < -0.3 is 4.57 Å². The van der Waals surface area contributed by atoms with Crippen molar-refractivity contribution in [3.63, 3.8) is 0 Å². The average molecular weight is 262 g/mol. The highest BCUT2D eigenvalue weighted by atomic mass is 35.5. The van der Waals surface area contributed by atoms with Gasteiger partial charge in [-0.3, -0.25) is 0 Å². The molecule has 0 aliphatic carbocycles. The summed E-state index contributed by atoms with van der Waals surface area (Å²) in [5, 5.41) is 17.4. The van der Waals surface area contributed by atoms with E-state index in [4.69, 9.17) is 11.6 Å². The summed E-state index contributed by atoms with van der Waals surface area (Å²) in [5.74, 6) is 1.61. The van der Waals surface area contributed by atoms with Gasteiger partial charge in [0.05, 0.1) is 5.75 Å². The van der Waals surface area contributed by atoms with Crippen molar-refractivity contribution < 1.29 is 0 Å². The molecule has 0 spiro atoms. The molecule has 0 saturated carbocycles. The van der Waals surface area contributed by atoms with Gasteiger partial charge in [-0.05, 0) is 18.5 Å². The molecule has 8 heteroatoms. The number of halogens is 1. The van der Waals surface area contributed by atoms with Crippen LogP contribution in [0, 0.1) is 6.92 Å². The Bertz CT molecular complexity index is 466. The predicted molar refractivity (Wildman–Crippen MR) is 60.2 cm³/mol. The van der Waals surface area contributed by atoms with Crippen molar-refractivity contribution in [1.82, 2.24) is 25.0 Å². The van der Waals surface area contributed by atoms with Crippen LogP contribution in [0.1, 0.15) is 10.8 Å². The minimum Gasteiger partial charge on any atom is -0.309 e. The minimum atomic E-state index is 0.472. The molecule has 15 heavy (non-hydrogen) atoms. The third-order valence-electron chi connectivity index (χ3n) is 1.82. The van der Waals surface area contributed by atoms with Crippen LogP contribution in [0.4, 0.5) is 0 Å². The monoisotopic (exact) mass is 261 g/mol. The van der Waals surface area contributed by atoms with Gasteiger partial charge in [0.2, 0.25) is 4.47 Å². The minimum absolute atomic E-state index is 0.472. The van der Waals surface area contributed by atoms with Crippen molar-refractivity contribution in [2.24, 2.45) is 7.05 Å². The van der Waals surface area contributed by atoms with E-state index >= 15 is 0 Å². The zero-order valence-corrected chi connectivity index (χ0v) is 10.5. The highest BCUT2D eigenvalue weighted by Crippen LogP contribution is 2.24. The van der Waals surface area contributed by atoms with E-state index in [0.717, 1.165) is 21.7 Å². The number of nitrogens with zero attached hydrogens (tertiary/aromatic N) is 5. The van der Waals surface area contributed by atoms with Crippen molar-refractivity contribution in [2.45, 2.75) is 17.8 Å². The van der Waals surface area contributed by atoms with Crippen LogP contribution in [0.15, 0.2) is 5.16 Å². The number of aromatic nitrogens is 5. The molecule has 0 aromatic carbocycles. The number of rotatable bonds is 3. The van der Waals surface area contributed by atoms with E-state index in [-0.39, 0.29) is 0 Å². The molecule has 0 bridgehead atoms. The number of hydrogen-bond acceptors (Lipinski definition) is 6. The predicted octanol–water partition coefficient (Wildman–Crippen LogP) is 1.92. The summed E-state index contributed by atoms with van der Waals surface area (Å²) in [6, 6.07) is 0. The Kier molecular flexibility index (Phi) is 3.22. The van der Waals surface area contributed by atoms with Gasteiger partial charge >= 0.3 is 0 Å². The number of hydrogen-bond donors (Lipinski definition) is 0. The lowest BCUT2D eigenvalue weighted by molar-refractivity contribution is 0.765. The van der Waals surface area contributed by atoms with E-state index in [0.29, 0.717) is 4.47 Å². The molecule has 0 aliphatic heterocycles. The molecule has 2 aromatic rings. The van der Waals surface area contributed by atoms with Crippen LogP contribution in [0.5, 0.6) is 0 Å². The Hall–Kier alpha value is -0.660. The van der Waals surface area contributed by atoms with Gasteiger partial charge in [-0.2, -0.15) is 0 Å². The van der Waals surface area contributed by atoms with E-state index in [1.165, 1.54) is 11.3 Å². The quantitative estimate of drug-likeness (QED) is 0.790. The lowest BCUT2D eigenvalue weighted by atomic mass is 10.7. The van der Waals surface area contributed by atoms with Crippen LogP contribution in [0.3, 0.4) is 0 Å². The van der Waals surface area contributed by atoms with Crippen molar-refractivity contribution in [1.29, 1.82) is 0 Å². The summed E-state index contributed by atoms with van der Waals surface area (Å²) < 4.78 is 2.41. The van der Waals surface area contributed by atoms with Crippen LogP contribution in [-0.4, -0.2) is 25.0 Å². The average Bonchev–Trinajstić information content (AvgIpc) is 2.74. The van der Waals surface area contributed by atoms with E-state index < -0.39 is 0 Å². The molecular weight excluding hydrogens is 254 g/mol. The molecule has 80 valence electrons. The standard InChI is InChI=1S/C7H8ClN5S2/c1-4-9-12-7(13(4)2)14-3-5-10-11-6(8)15-5/h3H2,1-2H3. The van der Waals surface area contributed by atoms with Gasteiger partial charge in [0, 0.05) is 7.05 Å². The van der Waals surface area contributed by atoms with Crippen LogP contribution in [-0.2, 0) is 12.8 Å². The third-order valence-corrected chi connectivity index (χ3v) is 4.05. The molecule has 2 rings (SSSR count). The molecule has 2 heterocycles. The van der Waals surface area contributed by atoms with Crippen molar-refractivity contribution >= 4 is 34.7 Å². The fourth-order valence-corrected chi connectivity index (χ4v) is 2.74. The number of thioether (sulfide) groups is 1. The van der Waals surface area contributed by atoms with E-state index in [9.17, 15) is 0 Å². The second kappa shape index (κ2) is 4.46. The fourth-order valence-electron chi connectivity index (χ4n) is 0.931. The molecule has 0 unspecified atom stereocenters. The molecule has 0 N–H and O–H groups in total. The second-order valence-corrected chi connectivity index (χ2v) is 5.41. The molecule has 0 saturated heterocycles. The van der Waals surface area contributed by atoms with Crippen LogP contribution >= 0.6 is 34.7 Å².